The highest BCUT2D eigenvalue weighted by Gasteiger charge is 2.26. The second-order valence-corrected chi connectivity index (χ2v) is 7.54. The van der Waals surface area contributed by atoms with E-state index < -0.39 is 0 Å². The molecule has 5 rings (SSSR count). The maximum Gasteiger partial charge on any atom is 0.143 e. The van der Waals surface area contributed by atoms with Crippen LogP contribution >= 0.6 is 0 Å². The molecule has 0 spiro atoms. The zero-order valence-electron chi connectivity index (χ0n) is 17.1. The lowest BCUT2D eigenvalue weighted by atomic mass is 10.00. The topological polar surface area (TPSA) is 72.3 Å². The largest absolute Gasteiger partial charge is 0.464 e. The van der Waals surface area contributed by atoms with E-state index in [4.69, 9.17) is 4.42 Å². The van der Waals surface area contributed by atoms with Crippen molar-refractivity contribution in [2.24, 2.45) is 4.99 Å². The third-order valence-corrected chi connectivity index (χ3v) is 5.66. The Morgan fingerprint density at radius 2 is 2.03 bits per heavy atom. The van der Waals surface area contributed by atoms with E-state index in [9.17, 15) is 0 Å². The van der Waals surface area contributed by atoms with Crippen LogP contribution in [0.2, 0.25) is 0 Å². The second kappa shape index (κ2) is 7.26. The lowest BCUT2D eigenvalue weighted by molar-refractivity contribution is 0.252. The molecule has 0 saturated heterocycles. The highest BCUT2D eigenvalue weighted by Crippen LogP contribution is 2.36. The maximum atomic E-state index is 5.63. The van der Waals surface area contributed by atoms with Crippen LogP contribution in [0.4, 0.5) is 0 Å². The monoisotopic (exact) mass is 398 g/mol. The Labute approximate surface area is 174 Å². The van der Waals surface area contributed by atoms with Crippen molar-refractivity contribution in [3.63, 3.8) is 0 Å². The average Bonchev–Trinajstić information content (AvgIpc) is 3.43. The summed E-state index contributed by atoms with van der Waals surface area (Å²) < 4.78 is 7.29. The number of aromatic nitrogens is 4. The number of rotatable bonds is 4. The molecule has 0 saturated carbocycles. The van der Waals surface area contributed by atoms with Crippen molar-refractivity contribution in [3.05, 3.63) is 77.8 Å². The van der Waals surface area contributed by atoms with Gasteiger partial charge in [0.2, 0.25) is 0 Å². The molecule has 2 aromatic carbocycles. The second-order valence-electron chi connectivity index (χ2n) is 7.54. The molecule has 4 aromatic rings. The van der Waals surface area contributed by atoms with E-state index in [1.165, 1.54) is 5.56 Å². The van der Waals surface area contributed by atoms with Crippen LogP contribution in [-0.4, -0.2) is 37.5 Å². The molecule has 2 unspecified atom stereocenters. The lowest BCUT2D eigenvalue weighted by Gasteiger charge is -2.38. The molecule has 2 aromatic heterocycles. The first kappa shape index (κ1) is 18.3. The number of hydrogen-bond acceptors (Lipinski definition) is 6. The van der Waals surface area contributed by atoms with Gasteiger partial charge in [0, 0.05) is 17.3 Å². The van der Waals surface area contributed by atoms with Crippen LogP contribution < -0.4 is 0 Å². The Balaban J connectivity index is 1.54. The van der Waals surface area contributed by atoms with E-state index in [-0.39, 0.29) is 12.2 Å². The van der Waals surface area contributed by atoms with Crippen LogP contribution in [0.1, 0.15) is 36.6 Å². The number of nitrogens with zero attached hydrogens (tertiary/aromatic N) is 6. The number of aliphatic imine (C=N–C) groups is 1. The summed E-state index contributed by atoms with van der Waals surface area (Å²) >= 11 is 0. The van der Waals surface area contributed by atoms with Gasteiger partial charge in [-0.3, -0.25) is 4.99 Å². The van der Waals surface area contributed by atoms with Gasteiger partial charge in [0.25, 0.3) is 0 Å². The summed E-state index contributed by atoms with van der Waals surface area (Å²) in [5.74, 6) is 0. The van der Waals surface area contributed by atoms with Crippen molar-refractivity contribution < 1.29 is 4.42 Å². The molecule has 3 heterocycles. The molecule has 1 aliphatic heterocycles. The van der Waals surface area contributed by atoms with Gasteiger partial charge in [-0.2, -0.15) is 0 Å². The molecular weight excluding hydrogens is 376 g/mol. The molecule has 150 valence electrons. The molecule has 0 amide bonds. The molecular formula is C23H22N6O. The zero-order chi connectivity index (χ0) is 20.7. The molecule has 0 N–H and O–H groups in total. The molecule has 0 aliphatic carbocycles. The van der Waals surface area contributed by atoms with E-state index in [2.05, 4.69) is 76.5 Å². The predicted molar refractivity (Wildman–Crippen MR) is 116 cm³/mol. The van der Waals surface area contributed by atoms with Gasteiger partial charge in [-0.05, 0) is 84.3 Å². The van der Waals surface area contributed by atoms with E-state index in [0.29, 0.717) is 0 Å². The third kappa shape index (κ3) is 3.08. The quantitative estimate of drug-likeness (QED) is 0.504. The molecule has 30 heavy (non-hydrogen) atoms. The fourth-order valence-corrected chi connectivity index (χ4v) is 4.06. The van der Waals surface area contributed by atoms with Crippen molar-refractivity contribution >= 4 is 22.9 Å². The van der Waals surface area contributed by atoms with Crippen LogP contribution in [0.3, 0.4) is 0 Å². The Bertz CT molecular complexity index is 1250. The van der Waals surface area contributed by atoms with Gasteiger partial charge >= 0.3 is 0 Å². The summed E-state index contributed by atoms with van der Waals surface area (Å²) in [6.07, 6.45) is 7.40. The van der Waals surface area contributed by atoms with Crippen molar-refractivity contribution in [2.75, 3.05) is 0 Å². The van der Waals surface area contributed by atoms with Crippen molar-refractivity contribution in [3.8, 4) is 5.69 Å². The maximum absolute atomic E-state index is 5.63. The van der Waals surface area contributed by atoms with E-state index in [1.54, 1.807) is 17.3 Å². The summed E-state index contributed by atoms with van der Waals surface area (Å²) in [4.78, 5) is 6.99. The van der Waals surface area contributed by atoms with Gasteiger partial charge in [-0.1, -0.05) is 12.1 Å². The van der Waals surface area contributed by atoms with Gasteiger partial charge < -0.3 is 9.32 Å². The van der Waals surface area contributed by atoms with Gasteiger partial charge in [0.1, 0.15) is 18.1 Å². The average molecular weight is 398 g/mol. The summed E-state index contributed by atoms with van der Waals surface area (Å²) in [6, 6.07) is 14.7. The first-order valence-electron chi connectivity index (χ1n) is 9.95. The Morgan fingerprint density at radius 3 is 2.87 bits per heavy atom. The van der Waals surface area contributed by atoms with E-state index >= 15 is 0 Å². The molecule has 0 radical (unpaired) electrons. The highest BCUT2D eigenvalue weighted by atomic mass is 16.3. The molecule has 1 aliphatic rings. The highest BCUT2D eigenvalue weighted by molar-refractivity contribution is 5.90. The predicted octanol–water partition coefficient (Wildman–Crippen LogP) is 4.55. The van der Waals surface area contributed by atoms with E-state index in [0.717, 1.165) is 33.5 Å². The van der Waals surface area contributed by atoms with Crippen LogP contribution in [-0.2, 0) is 0 Å². The molecule has 7 heteroatoms. The van der Waals surface area contributed by atoms with Gasteiger partial charge in [0.15, 0.2) is 0 Å². The van der Waals surface area contributed by atoms with Gasteiger partial charge in [0.05, 0.1) is 18.0 Å². The minimum atomic E-state index is 0.0119. The normalized spacial score (nSPS) is 17.4. The minimum Gasteiger partial charge on any atom is -0.464 e. The number of furan rings is 1. The number of tetrazole rings is 1. The lowest BCUT2D eigenvalue weighted by Crippen LogP contribution is -2.35. The SMILES string of the molecule is Cc1coc2ccc(C3=CC=NC(C)N3C(C)c3cccc(-n4cnnn4)c3)cc12. The molecule has 0 fully saturated rings. The number of benzene rings is 2. The van der Waals surface area contributed by atoms with Crippen molar-refractivity contribution in [1.29, 1.82) is 0 Å². The summed E-state index contributed by atoms with van der Waals surface area (Å²) in [7, 11) is 0. The smallest absolute Gasteiger partial charge is 0.143 e. The summed E-state index contributed by atoms with van der Waals surface area (Å²) in [5, 5.41) is 12.6. The van der Waals surface area contributed by atoms with Crippen LogP contribution in [0, 0.1) is 6.92 Å². The van der Waals surface area contributed by atoms with Gasteiger partial charge in [-0.25, -0.2) is 4.68 Å². The van der Waals surface area contributed by atoms with Crippen molar-refractivity contribution in [1.82, 2.24) is 25.1 Å². The number of hydrogen-bond donors (Lipinski definition) is 0. The minimum absolute atomic E-state index is 0.0119. The fraction of sp³-hybridized carbons (Fsp3) is 0.217. The van der Waals surface area contributed by atoms with Gasteiger partial charge in [-0.15, -0.1) is 5.10 Å². The van der Waals surface area contributed by atoms with Crippen molar-refractivity contribution in [2.45, 2.75) is 33.0 Å². The fourth-order valence-electron chi connectivity index (χ4n) is 4.06. The molecule has 2 atom stereocenters. The number of aryl methyl sites for hydroxylation is 1. The summed E-state index contributed by atoms with van der Waals surface area (Å²) in [5.41, 5.74) is 6.42. The van der Waals surface area contributed by atoms with Crippen LogP contribution in [0.15, 0.2) is 70.5 Å². The van der Waals surface area contributed by atoms with E-state index in [1.807, 2.05) is 24.4 Å². The molecule has 0 bridgehead atoms. The third-order valence-electron chi connectivity index (χ3n) is 5.66. The van der Waals surface area contributed by atoms with Crippen LogP contribution in [0.5, 0.6) is 0 Å². The molecule has 7 nitrogen and oxygen atoms in total. The first-order chi connectivity index (χ1) is 14.6. The Morgan fingerprint density at radius 1 is 1.13 bits per heavy atom. The zero-order valence-corrected chi connectivity index (χ0v) is 17.1. The number of allylic oxidation sites excluding steroid dienone is 1. The summed E-state index contributed by atoms with van der Waals surface area (Å²) in [6.45, 7) is 6.39. The number of fused-ring (bicyclic) bond motifs is 1. The standard InChI is InChI=1S/C23H22N6O/c1-15-13-30-23-8-7-19(12-21(15)23)22-9-10-24-17(3)29(22)16(2)18-5-4-6-20(11-18)28-14-25-26-27-28/h4-14,16-17H,1-3H3. The Kier molecular flexibility index (Phi) is 4.43. The van der Waals surface area contributed by atoms with Crippen LogP contribution in [0.25, 0.3) is 22.4 Å². The Hall–Kier alpha value is -3.74. The first-order valence-corrected chi connectivity index (χ1v) is 9.95.